The van der Waals surface area contributed by atoms with Gasteiger partial charge in [0.1, 0.15) is 11.9 Å². The van der Waals surface area contributed by atoms with Crippen LogP contribution in [-0.2, 0) is 14.8 Å². The van der Waals surface area contributed by atoms with Crippen LogP contribution in [0.4, 0.5) is 11.4 Å². The molecule has 7 nitrogen and oxygen atoms in total. The van der Waals surface area contributed by atoms with Crippen molar-refractivity contribution in [1.29, 1.82) is 0 Å². The number of benzene rings is 2. The van der Waals surface area contributed by atoms with E-state index in [-0.39, 0.29) is 25.0 Å². The molecule has 0 spiro atoms. The number of ether oxygens (including phenoxy) is 1. The number of carbonyl (C=O) groups is 1. The number of hydrogen-bond donors (Lipinski definition) is 1. The Morgan fingerprint density at radius 3 is 2.41 bits per heavy atom. The number of nitrogens with zero attached hydrogens (tertiary/aromatic N) is 2. The van der Waals surface area contributed by atoms with Crippen LogP contribution >= 0.6 is 0 Å². The van der Waals surface area contributed by atoms with Crippen LogP contribution in [0.1, 0.15) is 31.2 Å². The highest BCUT2D eigenvalue weighted by atomic mass is 32.2. The van der Waals surface area contributed by atoms with E-state index in [9.17, 15) is 13.2 Å². The van der Waals surface area contributed by atoms with Gasteiger partial charge in [-0.25, -0.2) is 8.42 Å². The summed E-state index contributed by atoms with van der Waals surface area (Å²) in [5, 5.41) is 2.87. The minimum absolute atomic E-state index is 0.146. The Hall–Kier alpha value is -2.58. The van der Waals surface area contributed by atoms with Crippen molar-refractivity contribution in [2.45, 2.75) is 38.7 Å². The first-order chi connectivity index (χ1) is 15.2. The number of rotatable bonds is 9. The Kier molecular flexibility index (Phi) is 8.15. The number of sulfonamides is 1. The normalized spacial score (nSPS) is 15.3. The summed E-state index contributed by atoms with van der Waals surface area (Å²) >= 11 is 0. The Bertz CT molecular complexity index is 1000. The molecule has 2 aromatic rings. The maximum absolute atomic E-state index is 12.4. The second kappa shape index (κ2) is 10.8. The van der Waals surface area contributed by atoms with Crippen LogP contribution in [-0.4, -0.2) is 58.3 Å². The van der Waals surface area contributed by atoms with E-state index >= 15 is 0 Å². The maximum atomic E-state index is 12.4. The van der Waals surface area contributed by atoms with Crippen molar-refractivity contribution in [3.05, 3.63) is 54.1 Å². The molecule has 3 rings (SSSR count). The summed E-state index contributed by atoms with van der Waals surface area (Å²) in [6.07, 6.45) is 4.10. The second-order valence-corrected chi connectivity index (χ2v) is 10.3. The Labute approximate surface area is 191 Å². The average molecular weight is 460 g/mol. The monoisotopic (exact) mass is 459 g/mol. The predicted molar refractivity (Wildman–Crippen MR) is 129 cm³/mol. The molecule has 0 aliphatic carbocycles. The van der Waals surface area contributed by atoms with Gasteiger partial charge in [0.25, 0.3) is 0 Å². The summed E-state index contributed by atoms with van der Waals surface area (Å²) in [7, 11) is -1.31. The van der Waals surface area contributed by atoms with E-state index in [4.69, 9.17) is 4.74 Å². The highest BCUT2D eigenvalue weighted by Crippen LogP contribution is 2.23. The zero-order chi connectivity index (χ0) is 23.1. The fourth-order valence-electron chi connectivity index (χ4n) is 3.83. The van der Waals surface area contributed by atoms with Crippen LogP contribution in [0.2, 0.25) is 0 Å². The molecule has 2 aromatic carbocycles. The van der Waals surface area contributed by atoms with Crippen LogP contribution < -0.4 is 14.4 Å². The smallest absolute Gasteiger partial charge is 0.232 e. The van der Waals surface area contributed by atoms with Crippen molar-refractivity contribution in [3.63, 3.8) is 0 Å². The molecule has 32 heavy (non-hydrogen) atoms. The highest BCUT2D eigenvalue weighted by Gasteiger charge is 2.20. The van der Waals surface area contributed by atoms with Gasteiger partial charge in [0.2, 0.25) is 15.9 Å². The molecule has 0 saturated carbocycles. The number of carbonyl (C=O) groups excluding carboxylic acids is 1. The summed E-state index contributed by atoms with van der Waals surface area (Å²) in [4.78, 5) is 14.7. The fraction of sp³-hybridized carbons (Fsp3) is 0.458. The summed E-state index contributed by atoms with van der Waals surface area (Å²) in [5.41, 5.74) is 2.23. The first kappa shape index (κ1) is 24.1. The molecule has 1 fully saturated rings. The third-order valence-corrected chi connectivity index (χ3v) is 6.84. The van der Waals surface area contributed by atoms with Gasteiger partial charge in [0.15, 0.2) is 0 Å². The van der Waals surface area contributed by atoms with Crippen LogP contribution in [0, 0.1) is 6.92 Å². The quantitative estimate of drug-likeness (QED) is 0.619. The van der Waals surface area contributed by atoms with Crippen LogP contribution in [0.3, 0.4) is 0 Å². The molecule has 0 radical (unpaired) electrons. The first-order valence-corrected chi connectivity index (χ1v) is 12.9. The Morgan fingerprint density at radius 2 is 1.78 bits per heavy atom. The molecular formula is C24H33N3O4S. The molecule has 174 valence electrons. The van der Waals surface area contributed by atoms with Crippen LogP contribution in [0.15, 0.2) is 48.5 Å². The number of anilines is 2. The van der Waals surface area contributed by atoms with E-state index in [0.717, 1.165) is 37.2 Å². The van der Waals surface area contributed by atoms with Crippen LogP contribution in [0.5, 0.6) is 5.75 Å². The van der Waals surface area contributed by atoms with Gasteiger partial charge in [0.05, 0.1) is 11.9 Å². The van der Waals surface area contributed by atoms with E-state index in [1.165, 1.54) is 10.6 Å². The van der Waals surface area contributed by atoms with Gasteiger partial charge in [-0.1, -0.05) is 18.2 Å². The molecule has 1 aliphatic rings. The lowest BCUT2D eigenvalue weighted by atomic mass is 10.1. The summed E-state index contributed by atoms with van der Waals surface area (Å²) in [6, 6.07) is 14.8. The van der Waals surface area contributed by atoms with Crippen molar-refractivity contribution >= 4 is 27.3 Å². The summed E-state index contributed by atoms with van der Waals surface area (Å²) < 4.78 is 31.9. The molecular weight excluding hydrogens is 426 g/mol. The predicted octanol–water partition coefficient (Wildman–Crippen LogP) is 3.65. The largest absolute Gasteiger partial charge is 0.490 e. The van der Waals surface area contributed by atoms with Gasteiger partial charge in [0, 0.05) is 31.7 Å². The van der Waals surface area contributed by atoms with E-state index < -0.39 is 10.0 Å². The molecule has 8 heteroatoms. The highest BCUT2D eigenvalue weighted by molar-refractivity contribution is 7.92. The van der Waals surface area contributed by atoms with Gasteiger partial charge in [-0.15, -0.1) is 0 Å². The number of nitrogens with one attached hydrogen (secondary N) is 1. The van der Waals surface area contributed by atoms with Gasteiger partial charge in [-0.3, -0.25) is 9.10 Å². The van der Waals surface area contributed by atoms with Gasteiger partial charge < -0.3 is 15.0 Å². The Balaban J connectivity index is 1.48. The SMILES string of the molecule is Cc1ccccc1N(CCCC(=O)Nc1ccc(OC2CCN(C)CC2)cc1)S(C)(=O)=O. The first-order valence-electron chi connectivity index (χ1n) is 11.0. The van der Waals surface area contributed by atoms with Gasteiger partial charge >= 0.3 is 0 Å². The summed E-state index contributed by atoms with van der Waals surface area (Å²) in [6.45, 7) is 4.21. The molecule has 0 atom stereocenters. The van der Waals surface area contributed by atoms with E-state index in [2.05, 4.69) is 17.3 Å². The van der Waals surface area contributed by atoms with Crippen molar-refractivity contribution in [2.75, 3.05) is 42.6 Å². The van der Waals surface area contributed by atoms with Crippen LogP contribution in [0.25, 0.3) is 0 Å². The lowest BCUT2D eigenvalue weighted by Gasteiger charge is -2.29. The van der Waals surface area contributed by atoms with E-state index in [0.29, 0.717) is 17.8 Å². The standard InChI is InChI=1S/C24H33N3O4S/c1-19-7-4-5-8-23(19)27(32(3,29)30)16-6-9-24(28)25-20-10-12-21(13-11-20)31-22-14-17-26(2)18-15-22/h4-5,7-8,10-13,22H,6,9,14-18H2,1-3H3,(H,25,28). The topological polar surface area (TPSA) is 79.0 Å². The fourth-order valence-corrected chi connectivity index (χ4v) is 4.85. The number of hydrogen-bond acceptors (Lipinski definition) is 5. The zero-order valence-corrected chi connectivity index (χ0v) is 19.9. The number of amides is 1. The minimum Gasteiger partial charge on any atom is -0.490 e. The van der Waals surface area contributed by atoms with Crippen molar-refractivity contribution in [1.82, 2.24) is 4.90 Å². The molecule has 1 aliphatic heterocycles. The zero-order valence-electron chi connectivity index (χ0n) is 19.1. The number of aryl methyl sites for hydroxylation is 1. The van der Waals surface area contributed by atoms with Gasteiger partial charge in [-0.2, -0.15) is 0 Å². The minimum atomic E-state index is -3.43. The number of likely N-dealkylation sites (tertiary alicyclic amines) is 1. The lowest BCUT2D eigenvalue weighted by Crippen LogP contribution is -2.35. The second-order valence-electron chi connectivity index (χ2n) is 8.42. The maximum Gasteiger partial charge on any atom is 0.232 e. The molecule has 0 bridgehead atoms. The van der Waals surface area contributed by atoms with E-state index in [1.807, 2.05) is 49.4 Å². The molecule has 0 aromatic heterocycles. The Morgan fingerprint density at radius 1 is 1.12 bits per heavy atom. The van der Waals surface area contributed by atoms with Crippen molar-refractivity contribution in [2.24, 2.45) is 0 Å². The number of piperidine rings is 1. The molecule has 1 heterocycles. The van der Waals surface area contributed by atoms with Crippen molar-refractivity contribution < 1.29 is 17.9 Å². The third-order valence-electron chi connectivity index (χ3n) is 5.66. The molecule has 1 N–H and O–H groups in total. The number of para-hydroxylation sites is 1. The molecule has 0 unspecified atom stereocenters. The van der Waals surface area contributed by atoms with Gasteiger partial charge in [-0.05, 0) is 69.1 Å². The molecule has 1 saturated heterocycles. The third kappa shape index (κ3) is 6.97. The van der Waals surface area contributed by atoms with E-state index in [1.54, 1.807) is 6.07 Å². The summed E-state index contributed by atoms with van der Waals surface area (Å²) in [5.74, 6) is 0.659. The lowest BCUT2D eigenvalue weighted by molar-refractivity contribution is -0.116. The van der Waals surface area contributed by atoms with Crippen molar-refractivity contribution in [3.8, 4) is 5.75 Å². The average Bonchev–Trinajstić information content (AvgIpc) is 2.74. The molecule has 1 amide bonds.